The Balaban J connectivity index is 3.15. The van der Waals surface area contributed by atoms with Crippen LogP contribution in [0.25, 0.3) is 0 Å². The molecule has 0 bridgehead atoms. The molecule has 0 aromatic rings. The maximum Gasteiger partial charge on any atom is 0.129 e. The topological polar surface area (TPSA) is 17.1 Å². The van der Waals surface area contributed by atoms with E-state index in [0.29, 0.717) is 5.78 Å². The number of Topliss-reactive ketones (excluding diaryl/α,β-unsaturated/α-hetero) is 1. The van der Waals surface area contributed by atoms with E-state index in [1.165, 1.54) is 57.8 Å². The number of ketones is 1. The molecule has 0 aliphatic carbocycles. The van der Waals surface area contributed by atoms with Crippen molar-refractivity contribution in [2.45, 2.75) is 91.4 Å². The molecular weight excluding hydrogens is 232 g/mol. The Morgan fingerprint density at radius 2 is 1.53 bits per heavy atom. The maximum atomic E-state index is 10.8. The van der Waals surface area contributed by atoms with Gasteiger partial charge in [0.15, 0.2) is 0 Å². The molecule has 0 radical (unpaired) electrons. The van der Waals surface area contributed by atoms with Gasteiger partial charge in [-0.15, -0.1) is 0 Å². The average molecular weight is 266 g/mol. The van der Waals surface area contributed by atoms with E-state index < -0.39 is 0 Å². The predicted molar refractivity (Wildman–Crippen MR) is 85.4 cm³/mol. The van der Waals surface area contributed by atoms with Gasteiger partial charge in [-0.1, -0.05) is 58.1 Å². The lowest BCUT2D eigenvalue weighted by Gasteiger charge is -2.06. The molecule has 112 valence electrons. The molecule has 0 rings (SSSR count). The Hall–Kier alpha value is -0.590. The van der Waals surface area contributed by atoms with Gasteiger partial charge in [-0.25, -0.2) is 0 Å². The van der Waals surface area contributed by atoms with Crippen LogP contribution in [0.5, 0.6) is 0 Å². The van der Waals surface area contributed by atoms with Crippen molar-refractivity contribution >= 4 is 5.78 Å². The van der Waals surface area contributed by atoms with E-state index in [1.54, 1.807) is 6.92 Å². The molecule has 0 aliphatic rings. The summed E-state index contributed by atoms with van der Waals surface area (Å²) in [5.41, 5.74) is 0. The summed E-state index contributed by atoms with van der Waals surface area (Å²) in [6.45, 7) is 6.31. The highest BCUT2D eigenvalue weighted by Gasteiger charge is 1.96. The van der Waals surface area contributed by atoms with Gasteiger partial charge in [0.1, 0.15) is 5.78 Å². The smallest absolute Gasteiger partial charge is 0.129 e. The molecule has 0 amide bonds. The summed E-state index contributed by atoms with van der Waals surface area (Å²) in [5, 5.41) is 0. The number of carbonyl (C=O) groups is 1. The van der Waals surface area contributed by atoms with Crippen molar-refractivity contribution in [1.29, 1.82) is 0 Å². The average Bonchev–Trinajstić information content (AvgIpc) is 2.39. The summed E-state index contributed by atoms with van der Waals surface area (Å²) in [6, 6.07) is 0. The first kappa shape index (κ1) is 18.4. The van der Waals surface area contributed by atoms with Gasteiger partial charge in [-0.2, -0.15) is 0 Å². The molecular formula is C18H34O. The molecule has 0 aliphatic heterocycles. The number of allylic oxidation sites excluding steroid dienone is 2. The Kier molecular flexibility index (Phi) is 13.4. The van der Waals surface area contributed by atoms with Crippen molar-refractivity contribution in [1.82, 2.24) is 0 Å². The number of hydrogen-bond acceptors (Lipinski definition) is 1. The standard InChI is InChI=1S/C18H34O/c1-4-17(2)15-13-11-9-7-5-6-8-10-12-14-16-18(3)19/h5,7,17H,4,6,8-16H2,1-3H3/b7-5+/t17-/m0/s1. The molecule has 0 spiro atoms. The monoisotopic (exact) mass is 266 g/mol. The summed E-state index contributed by atoms with van der Waals surface area (Å²) in [7, 11) is 0. The lowest BCUT2D eigenvalue weighted by Crippen LogP contribution is -1.90. The molecule has 0 saturated heterocycles. The minimum absolute atomic E-state index is 0.331. The zero-order valence-electron chi connectivity index (χ0n) is 13.4. The third-order valence-corrected chi connectivity index (χ3v) is 3.83. The Morgan fingerprint density at radius 1 is 0.947 bits per heavy atom. The quantitative estimate of drug-likeness (QED) is 0.292. The summed E-state index contributed by atoms with van der Waals surface area (Å²) >= 11 is 0. The fourth-order valence-corrected chi connectivity index (χ4v) is 2.18. The number of hydrogen-bond donors (Lipinski definition) is 0. The Labute approximate surface area is 120 Å². The third-order valence-electron chi connectivity index (χ3n) is 3.83. The lowest BCUT2D eigenvalue weighted by atomic mass is 10.0. The normalized spacial score (nSPS) is 13.0. The maximum absolute atomic E-state index is 10.8. The van der Waals surface area contributed by atoms with Gasteiger partial charge in [0.25, 0.3) is 0 Å². The van der Waals surface area contributed by atoms with E-state index in [-0.39, 0.29) is 0 Å². The third kappa shape index (κ3) is 15.4. The van der Waals surface area contributed by atoms with Crippen molar-refractivity contribution in [3.63, 3.8) is 0 Å². The molecule has 1 heteroatoms. The fraction of sp³-hybridized carbons (Fsp3) is 0.833. The van der Waals surface area contributed by atoms with Crippen molar-refractivity contribution in [2.24, 2.45) is 5.92 Å². The summed E-state index contributed by atoms with van der Waals surface area (Å²) < 4.78 is 0. The zero-order valence-corrected chi connectivity index (χ0v) is 13.4. The van der Waals surface area contributed by atoms with Crippen LogP contribution in [-0.2, 0) is 4.79 Å². The number of unbranched alkanes of at least 4 members (excludes halogenated alkanes) is 6. The first-order chi connectivity index (χ1) is 9.16. The van der Waals surface area contributed by atoms with Gasteiger partial charge in [0, 0.05) is 6.42 Å². The number of carbonyl (C=O) groups excluding carboxylic acids is 1. The van der Waals surface area contributed by atoms with Gasteiger partial charge in [-0.3, -0.25) is 0 Å². The van der Waals surface area contributed by atoms with Crippen molar-refractivity contribution < 1.29 is 4.79 Å². The minimum Gasteiger partial charge on any atom is -0.300 e. The molecule has 1 nitrogen and oxygen atoms in total. The van der Waals surface area contributed by atoms with E-state index in [9.17, 15) is 4.79 Å². The van der Waals surface area contributed by atoms with Gasteiger partial charge in [0.05, 0.1) is 0 Å². The van der Waals surface area contributed by atoms with Crippen LogP contribution in [0.15, 0.2) is 12.2 Å². The fourth-order valence-electron chi connectivity index (χ4n) is 2.18. The van der Waals surface area contributed by atoms with Crippen molar-refractivity contribution in [3.8, 4) is 0 Å². The molecule has 19 heavy (non-hydrogen) atoms. The summed E-state index contributed by atoms with van der Waals surface area (Å²) in [4.78, 5) is 10.8. The number of rotatable bonds is 13. The molecule has 0 unspecified atom stereocenters. The van der Waals surface area contributed by atoms with E-state index in [4.69, 9.17) is 0 Å². The SMILES string of the molecule is CC[C@H](C)CCCC/C=C/CCCCCCC(C)=O. The molecule has 0 aromatic heterocycles. The highest BCUT2D eigenvalue weighted by molar-refractivity contribution is 5.75. The zero-order chi connectivity index (χ0) is 14.3. The molecule has 0 N–H and O–H groups in total. The van der Waals surface area contributed by atoms with E-state index in [0.717, 1.165) is 18.8 Å². The predicted octanol–water partition coefficient (Wildman–Crippen LogP) is 6.08. The largest absolute Gasteiger partial charge is 0.300 e. The second-order valence-corrected chi connectivity index (χ2v) is 5.92. The van der Waals surface area contributed by atoms with Gasteiger partial charge in [0.2, 0.25) is 0 Å². The van der Waals surface area contributed by atoms with Crippen LogP contribution in [0.4, 0.5) is 0 Å². The summed E-state index contributed by atoms with van der Waals surface area (Å²) in [6.07, 6.45) is 18.2. The lowest BCUT2D eigenvalue weighted by molar-refractivity contribution is -0.117. The van der Waals surface area contributed by atoms with Crippen LogP contribution < -0.4 is 0 Å². The second kappa shape index (κ2) is 13.8. The van der Waals surface area contributed by atoms with E-state index >= 15 is 0 Å². The summed E-state index contributed by atoms with van der Waals surface area (Å²) in [5.74, 6) is 1.23. The van der Waals surface area contributed by atoms with Crippen LogP contribution in [0.2, 0.25) is 0 Å². The molecule has 0 heterocycles. The Bertz CT molecular complexity index is 230. The van der Waals surface area contributed by atoms with Crippen LogP contribution >= 0.6 is 0 Å². The van der Waals surface area contributed by atoms with E-state index in [2.05, 4.69) is 26.0 Å². The van der Waals surface area contributed by atoms with E-state index in [1.807, 2.05) is 0 Å². The first-order valence-electron chi connectivity index (χ1n) is 8.31. The Morgan fingerprint density at radius 3 is 2.11 bits per heavy atom. The second-order valence-electron chi connectivity index (χ2n) is 5.92. The van der Waals surface area contributed by atoms with Gasteiger partial charge >= 0.3 is 0 Å². The minimum atomic E-state index is 0.331. The van der Waals surface area contributed by atoms with Gasteiger partial charge < -0.3 is 4.79 Å². The molecule has 1 atom stereocenters. The van der Waals surface area contributed by atoms with Crippen LogP contribution in [0, 0.1) is 5.92 Å². The highest BCUT2D eigenvalue weighted by Crippen LogP contribution is 2.12. The van der Waals surface area contributed by atoms with Crippen molar-refractivity contribution in [2.75, 3.05) is 0 Å². The highest BCUT2D eigenvalue weighted by atomic mass is 16.1. The molecule has 0 saturated carbocycles. The van der Waals surface area contributed by atoms with Crippen LogP contribution in [-0.4, -0.2) is 5.78 Å². The first-order valence-corrected chi connectivity index (χ1v) is 8.31. The molecule has 0 fully saturated rings. The van der Waals surface area contributed by atoms with Crippen molar-refractivity contribution in [3.05, 3.63) is 12.2 Å². The van der Waals surface area contributed by atoms with Crippen LogP contribution in [0.3, 0.4) is 0 Å². The van der Waals surface area contributed by atoms with Gasteiger partial charge in [-0.05, 0) is 44.9 Å². The molecule has 0 aromatic carbocycles. The van der Waals surface area contributed by atoms with Crippen LogP contribution in [0.1, 0.15) is 91.4 Å².